The molecule has 5 heteroatoms. The molecule has 0 aromatic carbocycles. The molecule has 0 aliphatic carbocycles. The second-order valence-corrected chi connectivity index (χ2v) is 2.68. The van der Waals surface area contributed by atoms with Crippen LogP contribution in [-0.2, 0) is 0 Å². The van der Waals surface area contributed by atoms with Crippen LogP contribution in [-0.4, -0.2) is 19.3 Å². The molecule has 0 aromatic heterocycles. The molecular formula is C6H11ClF3N. The molecule has 1 saturated heterocycles. The molecule has 0 radical (unpaired) electrons. The summed E-state index contributed by atoms with van der Waals surface area (Å²) in [5.41, 5.74) is 0. The Bertz CT molecular complexity index is 109. The van der Waals surface area contributed by atoms with Gasteiger partial charge in [-0.1, -0.05) is 0 Å². The Morgan fingerprint density at radius 3 is 2.36 bits per heavy atom. The molecule has 1 aliphatic rings. The fourth-order valence-electron chi connectivity index (χ4n) is 1.22. The van der Waals surface area contributed by atoms with E-state index < -0.39 is 12.6 Å². The predicted molar refractivity (Wildman–Crippen MR) is 38.9 cm³/mol. The van der Waals surface area contributed by atoms with Crippen molar-refractivity contribution >= 4 is 12.4 Å². The van der Waals surface area contributed by atoms with E-state index in [9.17, 15) is 13.2 Å². The van der Waals surface area contributed by atoms with E-state index in [0.717, 1.165) is 6.54 Å². The summed E-state index contributed by atoms with van der Waals surface area (Å²) >= 11 is 0. The van der Waals surface area contributed by atoms with Gasteiger partial charge in [0.15, 0.2) is 0 Å². The lowest BCUT2D eigenvalue weighted by Crippen LogP contribution is -2.17. The van der Waals surface area contributed by atoms with E-state index in [2.05, 4.69) is 5.32 Å². The quantitative estimate of drug-likeness (QED) is 0.665. The summed E-state index contributed by atoms with van der Waals surface area (Å²) in [6.45, 7) is 1.26. The molecule has 1 rings (SSSR count). The van der Waals surface area contributed by atoms with Gasteiger partial charge in [0, 0.05) is 6.42 Å². The SMILES string of the molecule is Cl.FC(F)(F)C[C@@H]1CCNC1. The van der Waals surface area contributed by atoms with Gasteiger partial charge in [-0.05, 0) is 25.4 Å². The zero-order valence-electron chi connectivity index (χ0n) is 5.95. The Kier molecular flexibility index (Phi) is 4.18. The summed E-state index contributed by atoms with van der Waals surface area (Å²) in [5.74, 6) is -0.181. The van der Waals surface area contributed by atoms with Crippen LogP contribution < -0.4 is 5.32 Å². The van der Waals surface area contributed by atoms with Crippen LogP contribution >= 0.6 is 12.4 Å². The lowest BCUT2D eigenvalue weighted by molar-refractivity contribution is -0.143. The van der Waals surface area contributed by atoms with Gasteiger partial charge in [-0.2, -0.15) is 13.2 Å². The van der Waals surface area contributed by atoms with Crippen molar-refractivity contribution in [2.75, 3.05) is 13.1 Å². The molecule has 0 saturated carbocycles. The van der Waals surface area contributed by atoms with Crippen LogP contribution in [0.2, 0.25) is 0 Å². The molecule has 0 amide bonds. The van der Waals surface area contributed by atoms with Crippen LogP contribution in [0.25, 0.3) is 0 Å². The molecule has 0 aromatic rings. The van der Waals surface area contributed by atoms with Gasteiger partial charge in [0.25, 0.3) is 0 Å². The fourth-order valence-corrected chi connectivity index (χ4v) is 1.22. The number of rotatable bonds is 1. The molecule has 1 N–H and O–H groups in total. The Hall–Kier alpha value is 0.0400. The van der Waals surface area contributed by atoms with Crippen molar-refractivity contribution in [2.24, 2.45) is 5.92 Å². The molecule has 0 unspecified atom stereocenters. The zero-order valence-corrected chi connectivity index (χ0v) is 6.76. The maximum Gasteiger partial charge on any atom is 0.389 e. The minimum absolute atomic E-state index is 0. The van der Waals surface area contributed by atoms with Gasteiger partial charge >= 0.3 is 6.18 Å². The van der Waals surface area contributed by atoms with Crippen molar-refractivity contribution in [1.29, 1.82) is 0 Å². The monoisotopic (exact) mass is 189 g/mol. The summed E-state index contributed by atoms with van der Waals surface area (Å²) in [6.07, 6.45) is -3.93. The number of hydrogen-bond donors (Lipinski definition) is 1. The number of alkyl halides is 3. The molecule has 1 nitrogen and oxygen atoms in total. The normalized spacial score (nSPS) is 24.8. The molecule has 1 aliphatic heterocycles. The topological polar surface area (TPSA) is 12.0 Å². The van der Waals surface area contributed by atoms with E-state index in [-0.39, 0.29) is 18.3 Å². The van der Waals surface area contributed by atoms with Crippen molar-refractivity contribution in [3.63, 3.8) is 0 Å². The van der Waals surface area contributed by atoms with E-state index in [4.69, 9.17) is 0 Å². The molecule has 68 valence electrons. The van der Waals surface area contributed by atoms with E-state index in [0.29, 0.717) is 13.0 Å². The summed E-state index contributed by atoms with van der Waals surface area (Å²) in [4.78, 5) is 0. The van der Waals surface area contributed by atoms with Crippen LogP contribution in [0.4, 0.5) is 13.2 Å². The lowest BCUT2D eigenvalue weighted by Gasteiger charge is -2.10. The highest BCUT2D eigenvalue weighted by atomic mass is 35.5. The van der Waals surface area contributed by atoms with Crippen LogP contribution in [0, 0.1) is 5.92 Å². The minimum Gasteiger partial charge on any atom is -0.316 e. The Balaban J connectivity index is 0.000001000. The first-order chi connectivity index (χ1) is 4.58. The van der Waals surface area contributed by atoms with Crippen molar-refractivity contribution in [1.82, 2.24) is 5.32 Å². The van der Waals surface area contributed by atoms with Gasteiger partial charge in [0.1, 0.15) is 0 Å². The van der Waals surface area contributed by atoms with E-state index in [1.54, 1.807) is 0 Å². The van der Waals surface area contributed by atoms with E-state index in [1.807, 2.05) is 0 Å². The number of halogens is 4. The minimum atomic E-state index is -3.98. The van der Waals surface area contributed by atoms with Crippen molar-refractivity contribution in [2.45, 2.75) is 19.0 Å². The standard InChI is InChI=1S/C6H10F3N.ClH/c7-6(8,9)3-5-1-2-10-4-5;/h5,10H,1-4H2;1H/t5-;/m0./s1. The van der Waals surface area contributed by atoms with Gasteiger partial charge in [0.2, 0.25) is 0 Å². The molecule has 11 heavy (non-hydrogen) atoms. The largest absolute Gasteiger partial charge is 0.389 e. The molecular weight excluding hydrogens is 179 g/mol. The average Bonchev–Trinajstić information content (AvgIpc) is 2.12. The van der Waals surface area contributed by atoms with Crippen LogP contribution in [0.1, 0.15) is 12.8 Å². The smallest absolute Gasteiger partial charge is 0.316 e. The lowest BCUT2D eigenvalue weighted by atomic mass is 10.1. The maximum atomic E-state index is 11.7. The molecule has 1 heterocycles. The Morgan fingerprint density at radius 1 is 1.36 bits per heavy atom. The first kappa shape index (κ1) is 11.0. The Labute approximate surface area is 69.8 Å². The molecule has 0 spiro atoms. The first-order valence-electron chi connectivity index (χ1n) is 3.35. The van der Waals surface area contributed by atoms with Crippen LogP contribution in [0.15, 0.2) is 0 Å². The molecule has 1 fully saturated rings. The summed E-state index contributed by atoms with van der Waals surface area (Å²) < 4.78 is 35.0. The molecule has 1 atom stereocenters. The van der Waals surface area contributed by atoms with Gasteiger partial charge in [-0.25, -0.2) is 0 Å². The highest BCUT2D eigenvalue weighted by molar-refractivity contribution is 5.85. The summed E-state index contributed by atoms with van der Waals surface area (Å²) in [7, 11) is 0. The van der Waals surface area contributed by atoms with Crippen molar-refractivity contribution < 1.29 is 13.2 Å². The highest BCUT2D eigenvalue weighted by Crippen LogP contribution is 2.27. The maximum absolute atomic E-state index is 11.7. The fraction of sp³-hybridized carbons (Fsp3) is 1.00. The van der Waals surface area contributed by atoms with Gasteiger partial charge in [-0.3, -0.25) is 0 Å². The van der Waals surface area contributed by atoms with Gasteiger partial charge in [0.05, 0.1) is 0 Å². The summed E-state index contributed by atoms with van der Waals surface area (Å²) in [6, 6.07) is 0. The number of hydrogen-bond acceptors (Lipinski definition) is 1. The first-order valence-corrected chi connectivity index (χ1v) is 3.35. The second-order valence-electron chi connectivity index (χ2n) is 2.68. The van der Waals surface area contributed by atoms with Gasteiger partial charge in [-0.15, -0.1) is 12.4 Å². The average molecular weight is 190 g/mol. The molecule has 0 bridgehead atoms. The number of nitrogens with one attached hydrogen (secondary N) is 1. The van der Waals surface area contributed by atoms with E-state index >= 15 is 0 Å². The van der Waals surface area contributed by atoms with Crippen LogP contribution in [0.5, 0.6) is 0 Å². The highest BCUT2D eigenvalue weighted by Gasteiger charge is 2.32. The second kappa shape index (κ2) is 4.16. The predicted octanol–water partition coefficient (Wildman–Crippen LogP) is 1.97. The Morgan fingerprint density at radius 2 is 2.00 bits per heavy atom. The third kappa shape index (κ3) is 4.48. The third-order valence-corrected chi connectivity index (χ3v) is 1.68. The zero-order chi connectivity index (χ0) is 7.61. The van der Waals surface area contributed by atoms with Crippen molar-refractivity contribution in [3.8, 4) is 0 Å². The third-order valence-electron chi connectivity index (χ3n) is 1.68. The van der Waals surface area contributed by atoms with E-state index in [1.165, 1.54) is 0 Å². The van der Waals surface area contributed by atoms with Crippen molar-refractivity contribution in [3.05, 3.63) is 0 Å². The summed E-state index contributed by atoms with van der Waals surface area (Å²) in [5, 5.41) is 2.89. The van der Waals surface area contributed by atoms with Crippen LogP contribution in [0.3, 0.4) is 0 Å². The van der Waals surface area contributed by atoms with Gasteiger partial charge < -0.3 is 5.32 Å².